The van der Waals surface area contributed by atoms with Gasteiger partial charge in [0, 0.05) is 0 Å². The summed E-state index contributed by atoms with van der Waals surface area (Å²) >= 11 is 0. The first-order valence-electron chi connectivity index (χ1n) is 5.55. The van der Waals surface area contributed by atoms with Gasteiger partial charge in [0.25, 0.3) is 0 Å². The number of aliphatic hydroxyl groups is 1. The first-order valence-corrected chi connectivity index (χ1v) is 5.55. The Morgan fingerprint density at radius 3 is 2.69 bits per heavy atom. The first kappa shape index (κ1) is 13.3. The van der Waals surface area contributed by atoms with Crippen LogP contribution < -0.4 is 0 Å². The second-order valence-corrected chi connectivity index (χ2v) is 5.11. The van der Waals surface area contributed by atoms with Crippen molar-refractivity contribution in [1.29, 1.82) is 0 Å². The molecule has 0 bridgehead atoms. The molecule has 1 N–H and O–H groups in total. The number of hydrogen-bond donors (Lipinski definition) is 1. The summed E-state index contributed by atoms with van der Waals surface area (Å²) in [6, 6.07) is -0.300. The molecule has 2 atom stereocenters. The molecule has 1 aliphatic rings. The maximum absolute atomic E-state index is 11.9. The Morgan fingerprint density at radius 2 is 2.19 bits per heavy atom. The van der Waals surface area contributed by atoms with E-state index in [1.807, 2.05) is 27.7 Å². The molecule has 0 saturated carbocycles. The summed E-state index contributed by atoms with van der Waals surface area (Å²) in [4.78, 5) is 13.4. The Morgan fingerprint density at radius 1 is 1.56 bits per heavy atom. The standard InChI is InChI=1S/C11H21NO4/c1-8-5-12(9(6-13)7-15-8)10(14)16-11(2,3)4/h8-9,13H,5-7H2,1-4H3/t8?,9-/m0/s1. The van der Waals surface area contributed by atoms with Gasteiger partial charge < -0.3 is 14.6 Å². The van der Waals surface area contributed by atoms with Gasteiger partial charge in [-0.05, 0) is 27.7 Å². The number of carbonyl (C=O) groups is 1. The summed E-state index contributed by atoms with van der Waals surface area (Å²) < 4.78 is 10.7. The monoisotopic (exact) mass is 231 g/mol. The Balaban J connectivity index is 2.63. The van der Waals surface area contributed by atoms with Crippen molar-refractivity contribution in [3.63, 3.8) is 0 Å². The molecule has 5 nitrogen and oxygen atoms in total. The number of amides is 1. The van der Waals surface area contributed by atoms with Gasteiger partial charge in [-0.1, -0.05) is 0 Å². The maximum atomic E-state index is 11.9. The highest BCUT2D eigenvalue weighted by molar-refractivity contribution is 5.68. The summed E-state index contributed by atoms with van der Waals surface area (Å²) in [6.07, 6.45) is -0.406. The summed E-state index contributed by atoms with van der Waals surface area (Å²) in [5.41, 5.74) is -0.515. The fourth-order valence-electron chi connectivity index (χ4n) is 1.54. The van der Waals surface area contributed by atoms with Gasteiger partial charge in [0.15, 0.2) is 0 Å². The number of morpholine rings is 1. The van der Waals surface area contributed by atoms with Gasteiger partial charge in [-0.15, -0.1) is 0 Å². The Kier molecular flexibility index (Phi) is 4.15. The van der Waals surface area contributed by atoms with Crippen LogP contribution in [-0.2, 0) is 9.47 Å². The van der Waals surface area contributed by atoms with Crippen LogP contribution in [0.5, 0.6) is 0 Å². The van der Waals surface area contributed by atoms with Gasteiger partial charge in [0.05, 0.1) is 31.9 Å². The highest BCUT2D eigenvalue weighted by Gasteiger charge is 2.32. The van der Waals surface area contributed by atoms with Crippen LogP contribution in [0.2, 0.25) is 0 Å². The highest BCUT2D eigenvalue weighted by atomic mass is 16.6. The third kappa shape index (κ3) is 3.64. The minimum absolute atomic E-state index is 0.0182. The number of rotatable bonds is 1. The van der Waals surface area contributed by atoms with Gasteiger partial charge in [-0.2, -0.15) is 0 Å². The highest BCUT2D eigenvalue weighted by Crippen LogP contribution is 2.16. The minimum Gasteiger partial charge on any atom is -0.444 e. The van der Waals surface area contributed by atoms with Gasteiger partial charge in [0.1, 0.15) is 5.60 Å². The van der Waals surface area contributed by atoms with E-state index in [9.17, 15) is 4.79 Å². The molecule has 1 saturated heterocycles. The van der Waals surface area contributed by atoms with Crippen LogP contribution in [0.4, 0.5) is 4.79 Å². The molecule has 0 spiro atoms. The number of hydrogen-bond acceptors (Lipinski definition) is 4. The van der Waals surface area contributed by atoms with Crippen molar-refractivity contribution >= 4 is 6.09 Å². The lowest BCUT2D eigenvalue weighted by Crippen LogP contribution is -2.54. The molecule has 0 radical (unpaired) electrons. The number of ether oxygens (including phenoxy) is 2. The van der Waals surface area contributed by atoms with Gasteiger partial charge in [0.2, 0.25) is 0 Å². The van der Waals surface area contributed by atoms with Crippen LogP contribution in [-0.4, -0.2) is 53.6 Å². The molecular weight excluding hydrogens is 210 g/mol. The van der Waals surface area contributed by atoms with Crippen LogP contribution >= 0.6 is 0 Å². The molecule has 0 aromatic carbocycles. The van der Waals surface area contributed by atoms with E-state index >= 15 is 0 Å². The second kappa shape index (κ2) is 5.01. The number of nitrogens with zero attached hydrogens (tertiary/aromatic N) is 1. The molecule has 16 heavy (non-hydrogen) atoms. The zero-order valence-electron chi connectivity index (χ0n) is 10.4. The summed E-state index contributed by atoms with van der Waals surface area (Å²) in [5, 5.41) is 9.17. The van der Waals surface area contributed by atoms with E-state index in [2.05, 4.69) is 0 Å². The molecule has 94 valence electrons. The van der Waals surface area contributed by atoms with Crippen LogP contribution in [0.25, 0.3) is 0 Å². The van der Waals surface area contributed by atoms with Gasteiger partial charge >= 0.3 is 6.09 Å². The molecule has 1 fully saturated rings. The van der Waals surface area contributed by atoms with E-state index in [-0.39, 0.29) is 24.8 Å². The van der Waals surface area contributed by atoms with Crippen molar-refractivity contribution in [1.82, 2.24) is 4.90 Å². The molecule has 0 aliphatic carbocycles. The molecule has 0 aromatic rings. The third-order valence-electron chi connectivity index (χ3n) is 2.31. The van der Waals surface area contributed by atoms with Crippen molar-refractivity contribution in [3.8, 4) is 0 Å². The average Bonchev–Trinajstić information content (AvgIpc) is 2.15. The Labute approximate surface area is 96.3 Å². The predicted octanol–water partition coefficient (Wildman–Crippen LogP) is 1.00. The molecule has 0 aromatic heterocycles. The van der Waals surface area contributed by atoms with Gasteiger partial charge in [-0.3, -0.25) is 4.90 Å². The molecule has 1 unspecified atom stereocenters. The smallest absolute Gasteiger partial charge is 0.410 e. The second-order valence-electron chi connectivity index (χ2n) is 5.11. The third-order valence-corrected chi connectivity index (χ3v) is 2.31. The largest absolute Gasteiger partial charge is 0.444 e. The average molecular weight is 231 g/mol. The number of carbonyl (C=O) groups excluding carboxylic acids is 1. The number of aliphatic hydroxyl groups excluding tert-OH is 1. The first-order chi connectivity index (χ1) is 7.33. The summed E-state index contributed by atoms with van der Waals surface area (Å²) in [7, 11) is 0. The van der Waals surface area contributed by atoms with E-state index in [1.54, 1.807) is 4.90 Å². The summed E-state index contributed by atoms with van der Waals surface area (Å²) in [6.45, 7) is 8.07. The molecule has 1 amide bonds. The van der Waals surface area contributed by atoms with E-state index in [0.29, 0.717) is 13.2 Å². The zero-order chi connectivity index (χ0) is 12.3. The van der Waals surface area contributed by atoms with E-state index in [0.717, 1.165) is 0 Å². The molecule has 1 rings (SSSR count). The zero-order valence-corrected chi connectivity index (χ0v) is 10.4. The molecule has 1 aliphatic heterocycles. The van der Waals surface area contributed by atoms with Crippen LogP contribution in [0.1, 0.15) is 27.7 Å². The van der Waals surface area contributed by atoms with Crippen molar-refractivity contribution in [2.24, 2.45) is 0 Å². The van der Waals surface area contributed by atoms with Crippen molar-refractivity contribution in [2.45, 2.75) is 45.4 Å². The quantitative estimate of drug-likeness (QED) is 0.731. The lowest BCUT2D eigenvalue weighted by Gasteiger charge is -2.38. The van der Waals surface area contributed by atoms with Crippen molar-refractivity contribution in [2.75, 3.05) is 19.8 Å². The van der Waals surface area contributed by atoms with Crippen LogP contribution in [0, 0.1) is 0 Å². The molecule has 5 heteroatoms. The lowest BCUT2D eigenvalue weighted by atomic mass is 10.2. The normalized spacial score (nSPS) is 26.7. The van der Waals surface area contributed by atoms with Crippen LogP contribution in [0.3, 0.4) is 0 Å². The van der Waals surface area contributed by atoms with E-state index in [4.69, 9.17) is 14.6 Å². The van der Waals surface area contributed by atoms with E-state index < -0.39 is 5.60 Å². The Bertz CT molecular complexity index is 249. The predicted molar refractivity (Wildman–Crippen MR) is 59.2 cm³/mol. The molecular formula is C11H21NO4. The summed E-state index contributed by atoms with van der Waals surface area (Å²) in [5.74, 6) is 0. The fourth-order valence-corrected chi connectivity index (χ4v) is 1.54. The minimum atomic E-state index is -0.515. The van der Waals surface area contributed by atoms with Crippen molar-refractivity contribution < 1.29 is 19.4 Å². The van der Waals surface area contributed by atoms with Crippen LogP contribution in [0.15, 0.2) is 0 Å². The lowest BCUT2D eigenvalue weighted by molar-refractivity contribution is -0.0741. The SMILES string of the molecule is CC1CN(C(=O)OC(C)(C)C)[C@@H](CO)CO1. The maximum Gasteiger partial charge on any atom is 0.410 e. The topological polar surface area (TPSA) is 59.0 Å². The Hall–Kier alpha value is -0.810. The van der Waals surface area contributed by atoms with E-state index in [1.165, 1.54) is 0 Å². The fraction of sp³-hybridized carbons (Fsp3) is 0.909. The van der Waals surface area contributed by atoms with Gasteiger partial charge in [-0.25, -0.2) is 4.79 Å². The van der Waals surface area contributed by atoms with Crippen molar-refractivity contribution in [3.05, 3.63) is 0 Å². The molecule has 1 heterocycles.